The molecule has 2 aromatic rings. The van der Waals surface area contributed by atoms with Crippen LogP contribution in [0.5, 0.6) is 0 Å². The molecule has 0 amide bonds. The van der Waals surface area contributed by atoms with Crippen molar-refractivity contribution in [3.8, 4) is 0 Å². The fourth-order valence-corrected chi connectivity index (χ4v) is 2.07. The third kappa shape index (κ3) is 2.72. The van der Waals surface area contributed by atoms with Gasteiger partial charge in [0.05, 0.1) is 11.4 Å². The van der Waals surface area contributed by atoms with Crippen molar-refractivity contribution >= 4 is 17.2 Å². The normalized spacial score (nSPS) is 11.0. The Balaban J connectivity index is 2.33. The van der Waals surface area contributed by atoms with E-state index in [4.69, 9.17) is 5.73 Å². The molecule has 0 radical (unpaired) electrons. The molecule has 0 aliphatic heterocycles. The molecule has 1 aromatic heterocycles. The van der Waals surface area contributed by atoms with E-state index in [9.17, 15) is 0 Å². The predicted octanol–water partition coefficient (Wildman–Crippen LogP) is 3.66. The first-order chi connectivity index (χ1) is 9.02. The molecule has 1 aromatic carbocycles. The maximum atomic E-state index is 6.08. The largest absolute Gasteiger partial charge is 0.394 e. The molecular weight excluding hydrogens is 236 g/mol. The highest BCUT2D eigenvalue weighted by Crippen LogP contribution is 2.27. The number of benzene rings is 1. The highest BCUT2D eigenvalue weighted by Gasteiger charge is 2.11. The van der Waals surface area contributed by atoms with Crippen molar-refractivity contribution in [1.82, 2.24) is 9.78 Å². The van der Waals surface area contributed by atoms with Crippen LogP contribution in [0.1, 0.15) is 37.9 Å². The van der Waals surface area contributed by atoms with Crippen molar-refractivity contribution in [2.75, 3.05) is 11.1 Å². The molecule has 0 fully saturated rings. The second-order valence-corrected chi connectivity index (χ2v) is 5.07. The Kier molecular flexibility index (Phi) is 3.79. The average molecular weight is 258 g/mol. The molecule has 0 bridgehead atoms. The first-order valence-corrected chi connectivity index (χ1v) is 6.72. The van der Waals surface area contributed by atoms with E-state index in [0.717, 1.165) is 29.4 Å². The van der Waals surface area contributed by atoms with E-state index in [1.165, 1.54) is 5.56 Å². The lowest BCUT2D eigenvalue weighted by atomic mass is 10.0. The Labute approximate surface area is 114 Å². The lowest BCUT2D eigenvalue weighted by Crippen LogP contribution is -2.04. The van der Waals surface area contributed by atoms with E-state index >= 15 is 0 Å². The van der Waals surface area contributed by atoms with E-state index < -0.39 is 0 Å². The monoisotopic (exact) mass is 258 g/mol. The molecular formula is C15H22N4. The molecule has 3 N–H and O–H groups in total. The smallest absolute Gasteiger partial charge is 0.152 e. The molecule has 4 heteroatoms. The van der Waals surface area contributed by atoms with Gasteiger partial charge >= 0.3 is 0 Å². The summed E-state index contributed by atoms with van der Waals surface area (Å²) in [5.41, 5.74) is 10.0. The van der Waals surface area contributed by atoms with Gasteiger partial charge in [-0.15, -0.1) is 0 Å². The molecule has 19 heavy (non-hydrogen) atoms. The number of anilines is 3. The lowest BCUT2D eigenvalue weighted by molar-refractivity contribution is 0.661. The number of nitrogens with two attached hydrogens (primary N) is 1. The molecule has 0 unspecified atom stereocenters. The zero-order valence-electron chi connectivity index (χ0n) is 12.1. The summed E-state index contributed by atoms with van der Waals surface area (Å²) in [4.78, 5) is 0. The minimum atomic E-state index is 0.511. The maximum Gasteiger partial charge on any atom is 0.152 e. The van der Waals surface area contributed by atoms with E-state index in [-0.39, 0.29) is 0 Å². The SMILES string of the molecule is CCn1nc(C)c(N)c1Nc1cccc(C(C)C)c1. The van der Waals surface area contributed by atoms with Gasteiger partial charge in [0, 0.05) is 12.2 Å². The van der Waals surface area contributed by atoms with Gasteiger partial charge in [0.15, 0.2) is 5.82 Å². The van der Waals surface area contributed by atoms with Crippen LogP contribution in [-0.4, -0.2) is 9.78 Å². The molecule has 0 spiro atoms. The standard InChI is InChI=1S/C15H22N4/c1-5-19-15(14(16)11(4)18-19)17-13-8-6-7-12(9-13)10(2)3/h6-10,17H,5,16H2,1-4H3. The predicted molar refractivity (Wildman–Crippen MR) is 80.9 cm³/mol. The lowest BCUT2D eigenvalue weighted by Gasteiger charge is -2.12. The first kappa shape index (κ1) is 13.5. The number of aromatic nitrogens is 2. The molecule has 0 atom stereocenters. The van der Waals surface area contributed by atoms with Crippen LogP contribution >= 0.6 is 0 Å². The van der Waals surface area contributed by atoms with Gasteiger partial charge in [-0.05, 0) is 37.5 Å². The van der Waals surface area contributed by atoms with Gasteiger partial charge in [-0.2, -0.15) is 5.10 Å². The summed E-state index contributed by atoms with van der Waals surface area (Å²) < 4.78 is 1.90. The van der Waals surface area contributed by atoms with E-state index in [2.05, 4.69) is 49.4 Å². The van der Waals surface area contributed by atoms with E-state index in [0.29, 0.717) is 5.92 Å². The van der Waals surface area contributed by atoms with Crippen molar-refractivity contribution in [1.29, 1.82) is 0 Å². The van der Waals surface area contributed by atoms with Gasteiger partial charge < -0.3 is 11.1 Å². The highest BCUT2D eigenvalue weighted by molar-refractivity contribution is 5.71. The summed E-state index contributed by atoms with van der Waals surface area (Å²) in [6.07, 6.45) is 0. The van der Waals surface area contributed by atoms with Gasteiger partial charge in [0.25, 0.3) is 0 Å². The zero-order valence-corrected chi connectivity index (χ0v) is 12.1. The number of hydrogen-bond acceptors (Lipinski definition) is 3. The van der Waals surface area contributed by atoms with Crippen molar-refractivity contribution in [2.45, 2.75) is 40.2 Å². The van der Waals surface area contributed by atoms with Gasteiger partial charge in [-0.1, -0.05) is 26.0 Å². The minimum Gasteiger partial charge on any atom is -0.394 e. The Morgan fingerprint density at radius 2 is 2.11 bits per heavy atom. The van der Waals surface area contributed by atoms with E-state index in [1.807, 2.05) is 17.7 Å². The number of rotatable bonds is 4. The average Bonchev–Trinajstić information content (AvgIpc) is 2.67. The second kappa shape index (κ2) is 5.34. The van der Waals surface area contributed by atoms with Crippen LogP contribution in [-0.2, 0) is 6.54 Å². The van der Waals surface area contributed by atoms with Crippen molar-refractivity contribution in [2.24, 2.45) is 0 Å². The summed E-state index contributed by atoms with van der Waals surface area (Å²) >= 11 is 0. The van der Waals surface area contributed by atoms with Crippen LogP contribution in [0.15, 0.2) is 24.3 Å². The molecule has 2 rings (SSSR count). The summed E-state index contributed by atoms with van der Waals surface area (Å²) in [5, 5.41) is 7.79. The number of nitrogens with zero attached hydrogens (tertiary/aromatic N) is 2. The zero-order chi connectivity index (χ0) is 14.0. The fourth-order valence-electron chi connectivity index (χ4n) is 2.07. The molecule has 0 saturated heterocycles. The number of aryl methyl sites for hydroxylation is 2. The van der Waals surface area contributed by atoms with Crippen molar-refractivity contribution < 1.29 is 0 Å². The highest BCUT2D eigenvalue weighted by atomic mass is 15.3. The summed E-state index contributed by atoms with van der Waals surface area (Å²) in [6, 6.07) is 8.41. The Bertz CT molecular complexity index is 570. The molecule has 1 heterocycles. The van der Waals surface area contributed by atoms with E-state index in [1.54, 1.807) is 0 Å². The third-order valence-electron chi connectivity index (χ3n) is 3.29. The summed E-state index contributed by atoms with van der Waals surface area (Å²) in [7, 11) is 0. The number of hydrogen-bond donors (Lipinski definition) is 2. The van der Waals surface area contributed by atoms with Gasteiger partial charge in [0.2, 0.25) is 0 Å². The van der Waals surface area contributed by atoms with Crippen LogP contribution in [0.4, 0.5) is 17.2 Å². The molecule has 0 aliphatic carbocycles. The summed E-state index contributed by atoms with van der Waals surface area (Å²) in [5.74, 6) is 1.39. The van der Waals surface area contributed by atoms with Crippen LogP contribution in [0.25, 0.3) is 0 Å². The van der Waals surface area contributed by atoms with Crippen LogP contribution in [0, 0.1) is 6.92 Å². The van der Waals surface area contributed by atoms with Gasteiger partial charge in [-0.25, -0.2) is 4.68 Å². The Morgan fingerprint density at radius 3 is 2.74 bits per heavy atom. The third-order valence-corrected chi connectivity index (χ3v) is 3.29. The maximum absolute atomic E-state index is 6.08. The Morgan fingerprint density at radius 1 is 1.37 bits per heavy atom. The molecule has 0 saturated carbocycles. The van der Waals surface area contributed by atoms with Crippen molar-refractivity contribution in [3.05, 3.63) is 35.5 Å². The van der Waals surface area contributed by atoms with Gasteiger partial charge in [0.1, 0.15) is 0 Å². The minimum absolute atomic E-state index is 0.511. The second-order valence-electron chi connectivity index (χ2n) is 5.07. The van der Waals surface area contributed by atoms with Crippen LogP contribution < -0.4 is 11.1 Å². The molecule has 4 nitrogen and oxygen atoms in total. The van der Waals surface area contributed by atoms with Crippen molar-refractivity contribution in [3.63, 3.8) is 0 Å². The first-order valence-electron chi connectivity index (χ1n) is 6.72. The molecule has 0 aliphatic rings. The van der Waals surface area contributed by atoms with Crippen LogP contribution in [0.3, 0.4) is 0 Å². The quantitative estimate of drug-likeness (QED) is 0.880. The topological polar surface area (TPSA) is 55.9 Å². The fraction of sp³-hybridized carbons (Fsp3) is 0.400. The summed E-state index contributed by atoms with van der Waals surface area (Å²) in [6.45, 7) is 9.16. The van der Waals surface area contributed by atoms with Crippen LogP contribution in [0.2, 0.25) is 0 Å². The molecule has 102 valence electrons. The number of nitrogens with one attached hydrogen (secondary N) is 1. The number of nitrogen functional groups attached to an aromatic ring is 1. The van der Waals surface area contributed by atoms with Gasteiger partial charge in [-0.3, -0.25) is 0 Å². The Hall–Kier alpha value is -1.97.